The number of hydrogen-bond acceptors (Lipinski definition) is 4. The molecule has 0 spiro atoms. The number of carbonyl (C=O) groups is 1. The minimum Gasteiger partial charge on any atom is -0.484 e. The summed E-state index contributed by atoms with van der Waals surface area (Å²) < 4.78 is 7.62. The third kappa shape index (κ3) is 4.93. The number of amides is 1. The second-order valence-electron chi connectivity index (χ2n) is 7.84. The number of ether oxygens (including phenoxy) is 1. The summed E-state index contributed by atoms with van der Waals surface area (Å²) in [7, 11) is 0. The zero-order valence-electron chi connectivity index (χ0n) is 16.5. The minimum atomic E-state index is -0.129. The van der Waals surface area contributed by atoms with Crippen molar-refractivity contribution < 1.29 is 9.53 Å². The number of rotatable bonds is 6. The van der Waals surface area contributed by atoms with Crippen LogP contribution in [0.1, 0.15) is 49.9 Å². The van der Waals surface area contributed by atoms with Gasteiger partial charge in [0.25, 0.3) is 5.91 Å². The van der Waals surface area contributed by atoms with Crippen LogP contribution in [0.4, 0.5) is 0 Å². The van der Waals surface area contributed by atoms with Crippen molar-refractivity contribution in [1.82, 2.24) is 20.0 Å². The number of benzene rings is 1. The molecule has 0 unspecified atom stereocenters. The van der Waals surface area contributed by atoms with Gasteiger partial charge in [-0.05, 0) is 37.5 Å². The average molecular weight is 383 g/mol. The predicted molar refractivity (Wildman–Crippen MR) is 108 cm³/mol. The molecule has 6 heteroatoms. The molecule has 4 rings (SSSR count). The molecule has 0 saturated heterocycles. The van der Waals surface area contributed by atoms with Crippen molar-refractivity contribution in [3.8, 4) is 5.75 Å². The maximum Gasteiger partial charge on any atom is 0.258 e. The maximum absolute atomic E-state index is 12.1. The van der Waals surface area contributed by atoms with Crippen molar-refractivity contribution in [3.63, 3.8) is 0 Å². The molecule has 6 nitrogen and oxygen atoms in total. The maximum atomic E-state index is 12.1. The van der Waals surface area contributed by atoms with E-state index in [1.54, 1.807) is 0 Å². The van der Waals surface area contributed by atoms with E-state index in [2.05, 4.69) is 21.0 Å². The van der Waals surface area contributed by atoms with Gasteiger partial charge in [-0.25, -0.2) is 0 Å². The molecule has 1 aliphatic carbocycles. The first-order valence-corrected chi connectivity index (χ1v) is 10.5. The number of hydrogen-bond donors (Lipinski definition) is 1. The van der Waals surface area contributed by atoms with Gasteiger partial charge in [-0.3, -0.25) is 14.4 Å². The van der Waals surface area contributed by atoms with Crippen molar-refractivity contribution in [2.24, 2.45) is 0 Å². The zero-order chi connectivity index (χ0) is 19.2. The van der Waals surface area contributed by atoms with E-state index in [9.17, 15) is 4.79 Å². The second-order valence-corrected chi connectivity index (χ2v) is 7.84. The molecule has 1 fully saturated rings. The summed E-state index contributed by atoms with van der Waals surface area (Å²) in [6, 6.07) is 12.3. The molecule has 1 amide bonds. The minimum absolute atomic E-state index is 0.0209. The van der Waals surface area contributed by atoms with Gasteiger partial charge in [0.05, 0.1) is 17.9 Å². The fourth-order valence-corrected chi connectivity index (χ4v) is 4.30. The Balaban J connectivity index is 1.29. The monoisotopic (exact) mass is 382 g/mol. The van der Waals surface area contributed by atoms with Crippen LogP contribution in [0.25, 0.3) is 0 Å². The molecule has 1 N–H and O–H groups in total. The summed E-state index contributed by atoms with van der Waals surface area (Å²) in [5.41, 5.74) is 2.20. The molecule has 0 atom stereocenters. The lowest BCUT2D eigenvalue weighted by Crippen LogP contribution is -2.36. The van der Waals surface area contributed by atoms with Crippen molar-refractivity contribution in [2.45, 2.75) is 64.2 Å². The Hall–Kier alpha value is -2.34. The van der Waals surface area contributed by atoms with Crippen LogP contribution in [0.5, 0.6) is 5.75 Å². The van der Waals surface area contributed by atoms with Crippen molar-refractivity contribution >= 4 is 5.91 Å². The molecule has 0 bridgehead atoms. The lowest BCUT2D eigenvalue weighted by atomic mass is 9.94. The van der Waals surface area contributed by atoms with E-state index in [-0.39, 0.29) is 12.5 Å². The first-order valence-electron chi connectivity index (χ1n) is 10.5. The highest BCUT2D eigenvalue weighted by atomic mass is 16.5. The van der Waals surface area contributed by atoms with Gasteiger partial charge in [-0.2, -0.15) is 5.10 Å². The molecule has 1 saturated carbocycles. The van der Waals surface area contributed by atoms with Gasteiger partial charge >= 0.3 is 0 Å². The number of nitrogens with one attached hydrogen (secondary N) is 1. The fourth-order valence-electron chi connectivity index (χ4n) is 4.30. The van der Waals surface area contributed by atoms with Gasteiger partial charge in [0.15, 0.2) is 6.61 Å². The highest BCUT2D eigenvalue weighted by Crippen LogP contribution is 2.26. The fraction of sp³-hybridized carbons (Fsp3) is 0.545. The highest BCUT2D eigenvalue weighted by molar-refractivity contribution is 5.77. The first kappa shape index (κ1) is 19.0. The molecule has 2 aliphatic rings. The Labute approximate surface area is 166 Å². The van der Waals surface area contributed by atoms with Gasteiger partial charge < -0.3 is 10.1 Å². The van der Waals surface area contributed by atoms with Gasteiger partial charge in [-0.1, -0.05) is 37.5 Å². The van der Waals surface area contributed by atoms with E-state index in [0.717, 1.165) is 37.8 Å². The average Bonchev–Trinajstić information content (AvgIpc) is 3.02. The zero-order valence-corrected chi connectivity index (χ0v) is 16.5. The molecule has 1 aromatic heterocycles. The van der Waals surface area contributed by atoms with Crippen LogP contribution in [0.2, 0.25) is 0 Å². The van der Waals surface area contributed by atoms with Gasteiger partial charge in [0, 0.05) is 25.7 Å². The normalized spacial score (nSPS) is 18.3. The molecule has 150 valence electrons. The SMILES string of the molecule is O=C(COc1ccccc1)NCc1cc2n(n1)CCCN(C1CCCCC1)C2. The summed E-state index contributed by atoms with van der Waals surface area (Å²) in [6.45, 7) is 3.57. The van der Waals surface area contributed by atoms with Crippen LogP contribution in [0.3, 0.4) is 0 Å². The number of fused-ring (bicyclic) bond motifs is 1. The predicted octanol–water partition coefficient (Wildman–Crippen LogP) is 3.12. The van der Waals surface area contributed by atoms with E-state index in [0.29, 0.717) is 12.3 Å². The number of para-hydroxylation sites is 1. The van der Waals surface area contributed by atoms with Gasteiger partial charge in [-0.15, -0.1) is 0 Å². The second kappa shape index (κ2) is 9.24. The first-order chi connectivity index (χ1) is 13.8. The largest absolute Gasteiger partial charge is 0.484 e. The highest BCUT2D eigenvalue weighted by Gasteiger charge is 2.24. The third-order valence-electron chi connectivity index (χ3n) is 5.77. The van der Waals surface area contributed by atoms with Crippen molar-refractivity contribution in [3.05, 3.63) is 47.8 Å². The molecule has 1 aliphatic heterocycles. The number of aromatic nitrogens is 2. The van der Waals surface area contributed by atoms with E-state index in [1.807, 2.05) is 30.3 Å². The van der Waals surface area contributed by atoms with Crippen LogP contribution in [0, 0.1) is 0 Å². The summed E-state index contributed by atoms with van der Waals surface area (Å²) in [5.74, 6) is 0.574. The lowest BCUT2D eigenvalue weighted by Gasteiger charge is -2.33. The topological polar surface area (TPSA) is 59.4 Å². The Kier molecular flexibility index (Phi) is 6.27. The summed E-state index contributed by atoms with van der Waals surface area (Å²) >= 11 is 0. The molecular weight excluding hydrogens is 352 g/mol. The van der Waals surface area contributed by atoms with Crippen LogP contribution in [0.15, 0.2) is 36.4 Å². The van der Waals surface area contributed by atoms with E-state index >= 15 is 0 Å². The smallest absolute Gasteiger partial charge is 0.258 e. The van der Waals surface area contributed by atoms with E-state index in [4.69, 9.17) is 9.84 Å². The quantitative estimate of drug-likeness (QED) is 0.834. The summed E-state index contributed by atoms with van der Waals surface area (Å²) in [4.78, 5) is 14.7. The third-order valence-corrected chi connectivity index (χ3v) is 5.77. The molecule has 2 aromatic rings. The van der Waals surface area contributed by atoms with Crippen molar-refractivity contribution in [1.29, 1.82) is 0 Å². The summed E-state index contributed by atoms with van der Waals surface area (Å²) in [5, 5.41) is 7.63. The molecule has 28 heavy (non-hydrogen) atoms. The van der Waals surface area contributed by atoms with Gasteiger partial charge in [0.2, 0.25) is 0 Å². The Morgan fingerprint density at radius 3 is 2.75 bits per heavy atom. The van der Waals surface area contributed by atoms with E-state index < -0.39 is 0 Å². The van der Waals surface area contributed by atoms with Crippen LogP contribution < -0.4 is 10.1 Å². The number of aryl methyl sites for hydroxylation is 1. The molecule has 0 radical (unpaired) electrons. The number of nitrogens with zero attached hydrogens (tertiary/aromatic N) is 3. The van der Waals surface area contributed by atoms with Crippen LogP contribution in [-0.2, 0) is 24.4 Å². The Bertz CT molecular complexity index is 768. The standard InChI is InChI=1S/C22H30N4O2/c27-22(17-28-21-10-5-2-6-11-21)23-15-18-14-20-16-25(12-7-13-26(20)24-18)19-8-3-1-4-9-19/h2,5-6,10-11,14,19H,1,3-4,7-9,12-13,15-17H2,(H,23,27). The van der Waals surface area contributed by atoms with Crippen molar-refractivity contribution in [2.75, 3.05) is 13.2 Å². The number of carbonyl (C=O) groups excluding carboxylic acids is 1. The summed E-state index contributed by atoms with van der Waals surface area (Å²) in [6.07, 6.45) is 7.92. The molecular formula is C22H30N4O2. The Morgan fingerprint density at radius 1 is 1.11 bits per heavy atom. The van der Waals surface area contributed by atoms with Crippen LogP contribution in [-0.4, -0.2) is 39.8 Å². The molecule has 1 aromatic carbocycles. The van der Waals surface area contributed by atoms with E-state index in [1.165, 1.54) is 37.8 Å². The lowest BCUT2D eigenvalue weighted by molar-refractivity contribution is -0.123. The van der Waals surface area contributed by atoms with Crippen LogP contribution >= 0.6 is 0 Å². The van der Waals surface area contributed by atoms with Gasteiger partial charge in [0.1, 0.15) is 5.75 Å². The Morgan fingerprint density at radius 2 is 1.93 bits per heavy atom. The molecule has 2 heterocycles.